The van der Waals surface area contributed by atoms with Crippen LogP contribution in [-0.4, -0.2) is 58.9 Å². The molecule has 0 bridgehead atoms. The minimum atomic E-state index is -1.07. The molecule has 1 aromatic rings. The van der Waals surface area contributed by atoms with E-state index in [1.54, 1.807) is 6.07 Å². The van der Waals surface area contributed by atoms with Crippen LogP contribution in [0.1, 0.15) is 37.0 Å². The van der Waals surface area contributed by atoms with Crippen molar-refractivity contribution in [1.29, 1.82) is 0 Å². The van der Waals surface area contributed by atoms with E-state index in [0.29, 0.717) is 0 Å². The molecule has 1 heterocycles. The second kappa shape index (κ2) is 6.51. The standard InChI is InChI=1S/C13H21N3O4/c1-13(2,3)10-7-9(14-15-10)12(19)16(5-6-20-4)8-11(17)18/h7H,5-6,8H2,1-4H3,(H,14,15)(H,17,18). The maximum atomic E-state index is 12.3. The lowest BCUT2D eigenvalue weighted by Gasteiger charge is -2.19. The zero-order valence-electron chi connectivity index (χ0n) is 12.3. The molecule has 0 aliphatic rings. The summed E-state index contributed by atoms with van der Waals surface area (Å²) in [5, 5.41) is 15.6. The minimum Gasteiger partial charge on any atom is -0.480 e. The van der Waals surface area contributed by atoms with E-state index in [1.807, 2.05) is 20.8 Å². The number of amides is 1. The fourth-order valence-corrected chi connectivity index (χ4v) is 1.59. The SMILES string of the molecule is COCCN(CC(=O)O)C(=O)c1cc(C(C)(C)C)[nH]n1. The first-order valence-corrected chi connectivity index (χ1v) is 6.31. The number of rotatable bonds is 6. The Morgan fingerprint density at radius 3 is 2.55 bits per heavy atom. The summed E-state index contributed by atoms with van der Waals surface area (Å²) in [5.41, 5.74) is 0.880. The van der Waals surface area contributed by atoms with Crippen LogP contribution < -0.4 is 0 Å². The van der Waals surface area contributed by atoms with Crippen LogP contribution in [0.4, 0.5) is 0 Å². The lowest BCUT2D eigenvalue weighted by molar-refractivity contribution is -0.137. The van der Waals surface area contributed by atoms with Gasteiger partial charge in [-0.1, -0.05) is 20.8 Å². The largest absolute Gasteiger partial charge is 0.480 e. The summed E-state index contributed by atoms with van der Waals surface area (Å²) in [4.78, 5) is 24.3. The van der Waals surface area contributed by atoms with E-state index < -0.39 is 11.9 Å². The van der Waals surface area contributed by atoms with Crippen molar-refractivity contribution in [3.05, 3.63) is 17.5 Å². The average molecular weight is 283 g/mol. The highest BCUT2D eigenvalue weighted by Crippen LogP contribution is 2.20. The van der Waals surface area contributed by atoms with Crippen molar-refractivity contribution in [1.82, 2.24) is 15.1 Å². The number of carbonyl (C=O) groups is 2. The molecule has 2 N–H and O–H groups in total. The Kier molecular flexibility index (Phi) is 5.26. The number of methoxy groups -OCH3 is 1. The zero-order chi connectivity index (χ0) is 15.3. The van der Waals surface area contributed by atoms with Crippen molar-refractivity contribution in [3.63, 3.8) is 0 Å². The summed E-state index contributed by atoms with van der Waals surface area (Å²) in [6.07, 6.45) is 0. The van der Waals surface area contributed by atoms with Crippen LogP contribution in [0.5, 0.6) is 0 Å². The minimum absolute atomic E-state index is 0.157. The number of aromatic amines is 1. The molecule has 0 aliphatic heterocycles. The molecule has 1 amide bonds. The highest BCUT2D eigenvalue weighted by atomic mass is 16.5. The van der Waals surface area contributed by atoms with Crippen molar-refractivity contribution in [2.45, 2.75) is 26.2 Å². The van der Waals surface area contributed by atoms with Gasteiger partial charge >= 0.3 is 5.97 Å². The van der Waals surface area contributed by atoms with Crippen molar-refractivity contribution < 1.29 is 19.4 Å². The van der Waals surface area contributed by atoms with Gasteiger partial charge in [0.2, 0.25) is 0 Å². The summed E-state index contributed by atoms with van der Waals surface area (Å²) < 4.78 is 4.88. The van der Waals surface area contributed by atoms with E-state index in [1.165, 1.54) is 12.0 Å². The topological polar surface area (TPSA) is 95.5 Å². The van der Waals surface area contributed by atoms with Crippen LogP contribution in [0.2, 0.25) is 0 Å². The Labute approximate surface area is 117 Å². The fraction of sp³-hybridized carbons (Fsp3) is 0.615. The lowest BCUT2D eigenvalue weighted by Crippen LogP contribution is -2.38. The van der Waals surface area contributed by atoms with Crippen LogP contribution in [0.3, 0.4) is 0 Å². The van der Waals surface area contributed by atoms with Gasteiger partial charge < -0.3 is 14.7 Å². The molecular weight excluding hydrogens is 262 g/mol. The maximum Gasteiger partial charge on any atom is 0.323 e. The lowest BCUT2D eigenvalue weighted by atomic mass is 9.92. The third kappa shape index (κ3) is 4.34. The van der Waals surface area contributed by atoms with Crippen molar-refractivity contribution in [3.8, 4) is 0 Å². The van der Waals surface area contributed by atoms with Crippen LogP contribution >= 0.6 is 0 Å². The van der Waals surface area contributed by atoms with Gasteiger partial charge in [-0.2, -0.15) is 5.10 Å². The molecule has 0 aromatic carbocycles. The van der Waals surface area contributed by atoms with Gasteiger partial charge in [0.15, 0.2) is 0 Å². The number of ether oxygens (including phenoxy) is 1. The summed E-state index contributed by atoms with van der Waals surface area (Å²) in [5.74, 6) is -1.49. The molecule has 0 unspecified atom stereocenters. The highest BCUT2D eigenvalue weighted by molar-refractivity contribution is 5.94. The number of hydrogen-bond donors (Lipinski definition) is 2. The molecule has 1 aromatic heterocycles. The molecular formula is C13H21N3O4. The number of nitrogens with zero attached hydrogens (tertiary/aromatic N) is 2. The molecule has 0 atom stereocenters. The Hall–Kier alpha value is -1.89. The normalized spacial score (nSPS) is 11.4. The Bertz CT molecular complexity index is 476. The zero-order valence-corrected chi connectivity index (χ0v) is 12.3. The number of carboxylic acids is 1. The second-order valence-electron chi connectivity index (χ2n) is 5.53. The van der Waals surface area contributed by atoms with Crippen LogP contribution in [0, 0.1) is 0 Å². The quantitative estimate of drug-likeness (QED) is 0.808. The van der Waals surface area contributed by atoms with Gasteiger partial charge in [0.1, 0.15) is 12.2 Å². The van der Waals surface area contributed by atoms with Gasteiger partial charge in [-0.25, -0.2) is 0 Å². The molecule has 0 aliphatic carbocycles. The Morgan fingerprint density at radius 1 is 1.45 bits per heavy atom. The van der Waals surface area contributed by atoms with Gasteiger partial charge in [0.05, 0.1) is 6.61 Å². The van der Waals surface area contributed by atoms with Crippen LogP contribution in [0.25, 0.3) is 0 Å². The molecule has 20 heavy (non-hydrogen) atoms. The van der Waals surface area contributed by atoms with E-state index in [2.05, 4.69) is 10.2 Å². The number of carboxylic acid groups (broad SMARTS) is 1. The van der Waals surface area contributed by atoms with Crippen molar-refractivity contribution in [2.75, 3.05) is 26.8 Å². The Balaban J connectivity index is 2.88. The van der Waals surface area contributed by atoms with Gasteiger partial charge in [0.25, 0.3) is 5.91 Å². The summed E-state index contributed by atoms with van der Waals surface area (Å²) in [6, 6.07) is 1.66. The summed E-state index contributed by atoms with van der Waals surface area (Å²) >= 11 is 0. The summed E-state index contributed by atoms with van der Waals surface area (Å²) in [7, 11) is 1.50. The smallest absolute Gasteiger partial charge is 0.323 e. The van der Waals surface area contributed by atoms with E-state index in [0.717, 1.165) is 5.69 Å². The first-order valence-electron chi connectivity index (χ1n) is 6.31. The molecule has 0 fully saturated rings. The Morgan fingerprint density at radius 2 is 2.10 bits per heavy atom. The number of aromatic nitrogens is 2. The molecule has 0 spiro atoms. The third-order valence-corrected chi connectivity index (χ3v) is 2.78. The number of nitrogens with one attached hydrogen (secondary N) is 1. The van der Waals surface area contributed by atoms with Crippen LogP contribution in [0.15, 0.2) is 6.07 Å². The third-order valence-electron chi connectivity index (χ3n) is 2.78. The van der Waals surface area contributed by atoms with Crippen LogP contribution in [-0.2, 0) is 14.9 Å². The molecule has 0 saturated heterocycles. The molecule has 0 saturated carbocycles. The van der Waals surface area contributed by atoms with Gasteiger partial charge in [-0.05, 0) is 6.07 Å². The van der Waals surface area contributed by atoms with Gasteiger partial charge in [0, 0.05) is 24.8 Å². The monoisotopic (exact) mass is 283 g/mol. The second-order valence-corrected chi connectivity index (χ2v) is 5.53. The molecule has 0 radical (unpaired) electrons. The van der Waals surface area contributed by atoms with Crippen molar-refractivity contribution >= 4 is 11.9 Å². The first kappa shape index (κ1) is 16.2. The average Bonchev–Trinajstić information content (AvgIpc) is 2.82. The van der Waals surface area contributed by atoms with E-state index >= 15 is 0 Å². The van der Waals surface area contributed by atoms with Crippen molar-refractivity contribution in [2.24, 2.45) is 0 Å². The number of carbonyl (C=O) groups excluding carboxylic acids is 1. The van der Waals surface area contributed by atoms with E-state index in [4.69, 9.17) is 9.84 Å². The molecule has 7 heteroatoms. The predicted molar refractivity (Wildman–Crippen MR) is 72.7 cm³/mol. The fourth-order valence-electron chi connectivity index (χ4n) is 1.59. The first-order chi connectivity index (χ1) is 9.25. The number of aliphatic carboxylic acids is 1. The van der Waals surface area contributed by atoms with Gasteiger partial charge in [-0.15, -0.1) is 0 Å². The molecule has 112 valence electrons. The maximum absolute atomic E-state index is 12.3. The predicted octanol–water partition coefficient (Wildman–Crippen LogP) is 0.880. The van der Waals surface area contributed by atoms with E-state index in [9.17, 15) is 9.59 Å². The molecule has 1 rings (SSSR count). The summed E-state index contributed by atoms with van der Waals surface area (Å²) in [6.45, 7) is 6.09. The van der Waals surface area contributed by atoms with E-state index in [-0.39, 0.29) is 30.8 Å². The highest BCUT2D eigenvalue weighted by Gasteiger charge is 2.23. The molecule has 7 nitrogen and oxygen atoms in total. The number of hydrogen-bond acceptors (Lipinski definition) is 4. The number of H-pyrrole nitrogens is 1. The van der Waals surface area contributed by atoms with Gasteiger partial charge in [-0.3, -0.25) is 14.7 Å².